The molecular weight excluding hydrogens is 208 g/mol. The Morgan fingerprint density at radius 2 is 2.18 bits per heavy atom. The molecule has 0 aliphatic carbocycles. The molecule has 1 aliphatic rings. The fourth-order valence-electron chi connectivity index (χ4n) is 2.15. The van der Waals surface area contributed by atoms with E-state index in [0.717, 1.165) is 5.57 Å². The van der Waals surface area contributed by atoms with Crippen LogP contribution in [0.5, 0.6) is 0 Å². The molecule has 0 saturated carbocycles. The van der Waals surface area contributed by atoms with E-state index >= 15 is 0 Å². The number of likely N-dealkylation sites (N-methyl/N-ethyl adjacent to an activating group) is 1. The van der Waals surface area contributed by atoms with E-state index in [1.54, 1.807) is 6.08 Å². The summed E-state index contributed by atoms with van der Waals surface area (Å²) in [6.07, 6.45) is 5.79. The number of nitrogens with zero attached hydrogens (tertiary/aromatic N) is 1. The van der Waals surface area contributed by atoms with E-state index in [4.69, 9.17) is 0 Å². The Morgan fingerprint density at radius 3 is 2.82 bits per heavy atom. The predicted octanol–water partition coefficient (Wildman–Crippen LogP) is 3.48. The second kappa shape index (κ2) is 4.50. The van der Waals surface area contributed by atoms with Gasteiger partial charge in [-0.25, -0.2) is 0 Å². The Labute approximate surface area is 103 Å². The lowest BCUT2D eigenvalue weighted by atomic mass is 10.1. The van der Waals surface area contributed by atoms with Crippen molar-refractivity contribution in [2.75, 3.05) is 17.3 Å². The zero-order valence-electron chi connectivity index (χ0n) is 10.4. The van der Waals surface area contributed by atoms with Gasteiger partial charge in [0.15, 0.2) is 0 Å². The van der Waals surface area contributed by atoms with Crippen LogP contribution in [0.1, 0.15) is 5.56 Å². The molecule has 2 heteroatoms. The smallest absolute Gasteiger partial charge is 0.125 e. The zero-order chi connectivity index (χ0) is 12.4. The summed E-state index contributed by atoms with van der Waals surface area (Å²) < 4.78 is 0. The second-order valence-electron chi connectivity index (χ2n) is 4.28. The quantitative estimate of drug-likeness (QED) is 0.794. The van der Waals surface area contributed by atoms with Gasteiger partial charge in [0.05, 0.1) is 11.4 Å². The van der Waals surface area contributed by atoms with Gasteiger partial charge in [-0.1, -0.05) is 37.5 Å². The van der Waals surface area contributed by atoms with Crippen LogP contribution in [0, 0.1) is 6.92 Å². The maximum Gasteiger partial charge on any atom is 0.125 e. The first-order valence-electron chi connectivity index (χ1n) is 5.72. The highest BCUT2D eigenvalue weighted by Gasteiger charge is 2.26. The molecular formula is C15H18N2. The topological polar surface area (TPSA) is 15.3 Å². The lowest BCUT2D eigenvalue weighted by molar-refractivity contribution is 0.849. The van der Waals surface area contributed by atoms with Crippen LogP contribution in [0.15, 0.2) is 55.2 Å². The van der Waals surface area contributed by atoms with E-state index in [0.29, 0.717) is 0 Å². The van der Waals surface area contributed by atoms with Crippen molar-refractivity contribution in [2.45, 2.75) is 13.1 Å². The molecule has 0 aromatic heterocycles. The van der Waals surface area contributed by atoms with Gasteiger partial charge in [0.25, 0.3) is 0 Å². The fraction of sp³-hybridized carbons (Fsp3) is 0.200. The van der Waals surface area contributed by atoms with Gasteiger partial charge in [0, 0.05) is 7.05 Å². The second-order valence-corrected chi connectivity index (χ2v) is 4.28. The molecule has 1 heterocycles. The highest BCUT2D eigenvalue weighted by Crippen LogP contribution is 2.36. The molecule has 1 aliphatic heterocycles. The van der Waals surface area contributed by atoms with Crippen LogP contribution in [0.3, 0.4) is 0 Å². The van der Waals surface area contributed by atoms with Crippen LogP contribution in [0.4, 0.5) is 11.4 Å². The third-order valence-electron chi connectivity index (χ3n) is 3.07. The van der Waals surface area contributed by atoms with Crippen molar-refractivity contribution in [1.82, 2.24) is 0 Å². The van der Waals surface area contributed by atoms with Crippen LogP contribution in [0.2, 0.25) is 0 Å². The van der Waals surface area contributed by atoms with Crippen LogP contribution >= 0.6 is 0 Å². The number of aryl methyl sites for hydroxylation is 1. The van der Waals surface area contributed by atoms with Gasteiger partial charge >= 0.3 is 0 Å². The predicted molar refractivity (Wildman–Crippen MR) is 75.5 cm³/mol. The molecule has 0 saturated heterocycles. The molecule has 0 amide bonds. The van der Waals surface area contributed by atoms with Crippen LogP contribution in [0.25, 0.3) is 0 Å². The third-order valence-corrected chi connectivity index (χ3v) is 3.07. The number of rotatable bonds is 3. The number of allylic oxidation sites excluding steroid dienone is 2. The molecule has 0 radical (unpaired) electrons. The average Bonchev–Trinajstić information content (AvgIpc) is 2.64. The first kappa shape index (κ1) is 11.5. The first-order chi connectivity index (χ1) is 8.17. The fourth-order valence-corrected chi connectivity index (χ4v) is 2.15. The van der Waals surface area contributed by atoms with E-state index in [1.165, 1.54) is 16.9 Å². The van der Waals surface area contributed by atoms with Crippen molar-refractivity contribution in [1.29, 1.82) is 0 Å². The minimum atomic E-state index is 0.141. The summed E-state index contributed by atoms with van der Waals surface area (Å²) in [5.74, 6) is 0. The summed E-state index contributed by atoms with van der Waals surface area (Å²) in [6.45, 7) is 9.70. The molecule has 1 unspecified atom stereocenters. The number of hydrogen-bond donors (Lipinski definition) is 1. The van der Waals surface area contributed by atoms with Gasteiger partial charge in [0.1, 0.15) is 6.17 Å². The summed E-state index contributed by atoms with van der Waals surface area (Å²) in [5, 5.41) is 3.49. The third kappa shape index (κ3) is 1.98. The molecule has 1 aromatic rings. The molecule has 88 valence electrons. The monoisotopic (exact) mass is 226 g/mol. The normalized spacial score (nSPS) is 18.6. The minimum absolute atomic E-state index is 0.141. The van der Waals surface area contributed by atoms with E-state index in [-0.39, 0.29) is 6.17 Å². The lowest BCUT2D eigenvalue weighted by Crippen LogP contribution is -2.33. The number of nitrogens with one attached hydrogen (secondary N) is 1. The van der Waals surface area contributed by atoms with Crippen molar-refractivity contribution in [3.8, 4) is 0 Å². The molecule has 2 rings (SSSR count). The Hall–Kier alpha value is -1.96. The van der Waals surface area contributed by atoms with Gasteiger partial charge in [-0.15, -0.1) is 0 Å². The molecule has 1 aromatic carbocycles. The summed E-state index contributed by atoms with van der Waals surface area (Å²) in [4.78, 5) is 2.22. The molecule has 1 atom stereocenters. The highest BCUT2D eigenvalue weighted by molar-refractivity contribution is 5.78. The molecule has 17 heavy (non-hydrogen) atoms. The molecule has 0 spiro atoms. The lowest BCUT2D eigenvalue weighted by Gasteiger charge is -2.23. The Kier molecular flexibility index (Phi) is 3.05. The van der Waals surface area contributed by atoms with Crippen molar-refractivity contribution < 1.29 is 0 Å². The maximum absolute atomic E-state index is 3.86. The maximum atomic E-state index is 3.86. The molecule has 1 N–H and O–H groups in total. The standard InChI is InChI=1S/C15H18N2/c1-5-7-12(6-2)15-16-13-9-8-11(3)10-14(13)17(15)4/h5-10,15-16H,1-2H2,3-4H3/b12-7+. The number of benzene rings is 1. The van der Waals surface area contributed by atoms with E-state index in [2.05, 4.69) is 55.5 Å². The first-order valence-corrected chi connectivity index (χ1v) is 5.72. The summed E-state index contributed by atoms with van der Waals surface area (Å²) in [7, 11) is 2.09. The van der Waals surface area contributed by atoms with Crippen molar-refractivity contribution in [3.05, 3.63) is 60.7 Å². The largest absolute Gasteiger partial charge is 0.360 e. The van der Waals surface area contributed by atoms with Crippen LogP contribution < -0.4 is 10.2 Å². The van der Waals surface area contributed by atoms with E-state index in [1.807, 2.05) is 12.2 Å². The van der Waals surface area contributed by atoms with Gasteiger partial charge in [-0.2, -0.15) is 0 Å². The van der Waals surface area contributed by atoms with Gasteiger partial charge in [0.2, 0.25) is 0 Å². The molecule has 2 nitrogen and oxygen atoms in total. The van der Waals surface area contributed by atoms with Gasteiger partial charge in [-0.05, 0) is 30.2 Å². The summed E-state index contributed by atoms with van der Waals surface area (Å²) in [6, 6.07) is 6.43. The van der Waals surface area contributed by atoms with E-state index < -0.39 is 0 Å². The Morgan fingerprint density at radius 1 is 1.41 bits per heavy atom. The van der Waals surface area contributed by atoms with Crippen LogP contribution in [-0.4, -0.2) is 13.2 Å². The van der Waals surface area contributed by atoms with Crippen molar-refractivity contribution >= 4 is 11.4 Å². The minimum Gasteiger partial charge on any atom is -0.360 e. The van der Waals surface area contributed by atoms with Crippen molar-refractivity contribution in [2.24, 2.45) is 0 Å². The summed E-state index contributed by atoms with van der Waals surface area (Å²) in [5.41, 5.74) is 4.79. The Bertz CT molecular complexity index is 486. The average molecular weight is 226 g/mol. The van der Waals surface area contributed by atoms with Gasteiger partial charge < -0.3 is 10.2 Å². The number of anilines is 2. The van der Waals surface area contributed by atoms with E-state index in [9.17, 15) is 0 Å². The van der Waals surface area contributed by atoms with Crippen LogP contribution in [-0.2, 0) is 0 Å². The highest BCUT2D eigenvalue weighted by atomic mass is 15.3. The number of fused-ring (bicyclic) bond motifs is 1. The SMILES string of the molecule is C=C/C=C(\C=C)C1Nc2ccc(C)cc2N1C. The molecule has 0 fully saturated rings. The van der Waals surface area contributed by atoms with Crippen molar-refractivity contribution in [3.63, 3.8) is 0 Å². The molecule has 0 bridgehead atoms. The zero-order valence-corrected chi connectivity index (χ0v) is 10.4. The number of hydrogen-bond acceptors (Lipinski definition) is 2. The Balaban J connectivity index is 2.36. The summed E-state index contributed by atoms with van der Waals surface area (Å²) >= 11 is 0. The van der Waals surface area contributed by atoms with Gasteiger partial charge in [-0.3, -0.25) is 0 Å².